The van der Waals surface area contributed by atoms with E-state index in [1.165, 1.54) is 0 Å². The third kappa shape index (κ3) is 3.09. The first-order valence-corrected chi connectivity index (χ1v) is 10.3. The molecule has 2 aliphatic heterocycles. The number of benzene rings is 1. The summed E-state index contributed by atoms with van der Waals surface area (Å²) in [7, 11) is -3.40. The number of carbonyl (C=O) groups excluding carboxylic acids is 1. The summed E-state index contributed by atoms with van der Waals surface area (Å²) < 4.78 is 27.0. The van der Waals surface area contributed by atoms with E-state index in [2.05, 4.69) is 0 Å². The van der Waals surface area contributed by atoms with Crippen molar-refractivity contribution in [1.82, 2.24) is 4.31 Å². The zero-order chi connectivity index (χ0) is 17.3. The van der Waals surface area contributed by atoms with Crippen molar-refractivity contribution in [3.8, 4) is 0 Å². The van der Waals surface area contributed by atoms with Crippen molar-refractivity contribution in [2.24, 2.45) is 5.92 Å². The number of hydrogen-bond acceptors (Lipinski definition) is 3. The molecule has 0 spiro atoms. The van der Waals surface area contributed by atoms with Crippen LogP contribution >= 0.6 is 0 Å². The third-order valence-corrected chi connectivity index (χ3v) is 7.07. The molecule has 3 rings (SSSR count). The summed E-state index contributed by atoms with van der Waals surface area (Å²) in [5.41, 5.74) is 1.85. The molecule has 1 atom stereocenters. The minimum absolute atomic E-state index is 0.0102. The summed E-state index contributed by atoms with van der Waals surface area (Å²) in [5.74, 6) is 0.123. The summed E-state index contributed by atoms with van der Waals surface area (Å²) >= 11 is 0. The van der Waals surface area contributed by atoms with Crippen molar-refractivity contribution in [2.75, 3.05) is 24.5 Å². The molecule has 1 saturated heterocycles. The van der Waals surface area contributed by atoms with Gasteiger partial charge < -0.3 is 4.90 Å². The van der Waals surface area contributed by atoms with E-state index in [0.717, 1.165) is 43.4 Å². The van der Waals surface area contributed by atoms with Crippen LogP contribution in [0.1, 0.15) is 45.1 Å². The highest BCUT2D eigenvalue weighted by atomic mass is 32.2. The predicted octanol–water partition coefficient (Wildman–Crippen LogP) is 2.80. The Hall–Kier alpha value is -1.40. The molecular formula is C18H26N2O3S. The standard InChI is InChI=1S/C18H26N2O3S/c1-3-14(2)18(21)20-12-6-7-15-13-16(8-9-17(15)20)24(22,23)19-10-4-5-11-19/h8-9,13-14H,3-7,10-12H2,1-2H3. The summed E-state index contributed by atoms with van der Waals surface area (Å²) in [6, 6.07) is 5.26. The van der Waals surface area contributed by atoms with Crippen LogP contribution in [0.15, 0.2) is 23.1 Å². The number of rotatable bonds is 4. The Kier molecular flexibility index (Phi) is 4.97. The van der Waals surface area contributed by atoms with Gasteiger partial charge in [-0.15, -0.1) is 0 Å². The molecule has 1 aromatic carbocycles. The number of amides is 1. The molecule has 0 radical (unpaired) electrons. The van der Waals surface area contributed by atoms with Crippen LogP contribution in [0.5, 0.6) is 0 Å². The van der Waals surface area contributed by atoms with E-state index in [0.29, 0.717) is 24.5 Å². The minimum Gasteiger partial charge on any atom is -0.312 e. The van der Waals surface area contributed by atoms with Crippen LogP contribution in [0.25, 0.3) is 0 Å². The van der Waals surface area contributed by atoms with E-state index < -0.39 is 10.0 Å². The number of carbonyl (C=O) groups is 1. The Labute approximate surface area is 144 Å². The lowest BCUT2D eigenvalue weighted by atomic mass is 9.99. The number of sulfonamides is 1. The molecule has 0 N–H and O–H groups in total. The maximum Gasteiger partial charge on any atom is 0.243 e. The zero-order valence-electron chi connectivity index (χ0n) is 14.5. The topological polar surface area (TPSA) is 57.7 Å². The average Bonchev–Trinajstić information content (AvgIpc) is 3.14. The molecule has 1 aromatic rings. The lowest BCUT2D eigenvalue weighted by Crippen LogP contribution is -2.39. The Morgan fingerprint density at radius 2 is 1.88 bits per heavy atom. The van der Waals surface area contributed by atoms with Gasteiger partial charge in [-0.25, -0.2) is 8.42 Å². The molecule has 132 valence electrons. The van der Waals surface area contributed by atoms with Crippen molar-refractivity contribution in [2.45, 2.75) is 50.8 Å². The van der Waals surface area contributed by atoms with Crippen LogP contribution in [-0.4, -0.2) is 38.3 Å². The normalized spacial score (nSPS) is 20.0. The molecule has 0 aromatic heterocycles. The van der Waals surface area contributed by atoms with E-state index in [1.807, 2.05) is 24.8 Å². The molecule has 2 aliphatic rings. The lowest BCUT2D eigenvalue weighted by molar-refractivity contribution is -0.122. The smallest absolute Gasteiger partial charge is 0.243 e. The van der Waals surface area contributed by atoms with Crippen molar-refractivity contribution in [1.29, 1.82) is 0 Å². The van der Waals surface area contributed by atoms with Gasteiger partial charge >= 0.3 is 0 Å². The zero-order valence-corrected chi connectivity index (χ0v) is 15.3. The number of hydrogen-bond donors (Lipinski definition) is 0. The van der Waals surface area contributed by atoms with Gasteiger partial charge in [0.15, 0.2) is 0 Å². The van der Waals surface area contributed by atoms with Crippen LogP contribution in [0, 0.1) is 5.92 Å². The first kappa shape index (κ1) is 17.4. The van der Waals surface area contributed by atoms with Gasteiger partial charge in [-0.05, 0) is 55.9 Å². The Morgan fingerprint density at radius 3 is 2.54 bits per heavy atom. The van der Waals surface area contributed by atoms with E-state index in [-0.39, 0.29) is 11.8 Å². The van der Waals surface area contributed by atoms with Gasteiger partial charge in [-0.1, -0.05) is 13.8 Å². The van der Waals surface area contributed by atoms with E-state index >= 15 is 0 Å². The highest BCUT2D eigenvalue weighted by Crippen LogP contribution is 2.32. The van der Waals surface area contributed by atoms with Crippen molar-refractivity contribution < 1.29 is 13.2 Å². The highest BCUT2D eigenvalue weighted by Gasteiger charge is 2.30. The highest BCUT2D eigenvalue weighted by molar-refractivity contribution is 7.89. The average molecular weight is 350 g/mol. The fourth-order valence-corrected chi connectivity index (χ4v) is 5.05. The largest absolute Gasteiger partial charge is 0.312 e. The van der Waals surface area contributed by atoms with Gasteiger partial charge in [0, 0.05) is 31.2 Å². The Morgan fingerprint density at radius 1 is 1.17 bits per heavy atom. The van der Waals surface area contributed by atoms with Gasteiger partial charge in [0.25, 0.3) is 0 Å². The Bertz CT molecular complexity index is 724. The van der Waals surface area contributed by atoms with Crippen LogP contribution in [0.2, 0.25) is 0 Å². The van der Waals surface area contributed by atoms with E-state index in [4.69, 9.17) is 0 Å². The summed E-state index contributed by atoms with van der Waals surface area (Å²) in [6.45, 7) is 5.90. The van der Waals surface area contributed by atoms with E-state index in [9.17, 15) is 13.2 Å². The molecule has 5 nitrogen and oxygen atoms in total. The molecule has 24 heavy (non-hydrogen) atoms. The first-order chi connectivity index (χ1) is 11.4. The second-order valence-corrected chi connectivity index (χ2v) is 8.74. The molecular weight excluding hydrogens is 324 g/mol. The van der Waals surface area contributed by atoms with Gasteiger partial charge in [0.05, 0.1) is 4.90 Å². The second kappa shape index (κ2) is 6.84. The van der Waals surface area contributed by atoms with Gasteiger partial charge in [0.2, 0.25) is 15.9 Å². The fraction of sp³-hybridized carbons (Fsp3) is 0.611. The van der Waals surface area contributed by atoms with Crippen molar-refractivity contribution in [3.63, 3.8) is 0 Å². The summed E-state index contributed by atoms with van der Waals surface area (Å²) in [5, 5.41) is 0. The molecule has 1 fully saturated rings. The summed E-state index contributed by atoms with van der Waals surface area (Å²) in [4.78, 5) is 14.8. The van der Waals surface area contributed by atoms with Gasteiger partial charge in [-0.2, -0.15) is 4.31 Å². The molecule has 0 bridgehead atoms. The number of anilines is 1. The molecule has 0 saturated carbocycles. The quantitative estimate of drug-likeness (QED) is 0.839. The van der Waals surface area contributed by atoms with Gasteiger partial charge in [0.1, 0.15) is 0 Å². The van der Waals surface area contributed by atoms with Gasteiger partial charge in [-0.3, -0.25) is 4.79 Å². The molecule has 2 heterocycles. The molecule has 1 unspecified atom stereocenters. The third-order valence-electron chi connectivity index (χ3n) is 5.17. The SMILES string of the molecule is CCC(C)C(=O)N1CCCc2cc(S(=O)(=O)N3CCCC3)ccc21. The number of fused-ring (bicyclic) bond motifs is 1. The second-order valence-electron chi connectivity index (χ2n) is 6.80. The molecule has 0 aliphatic carbocycles. The van der Waals surface area contributed by atoms with Crippen LogP contribution < -0.4 is 4.90 Å². The lowest BCUT2D eigenvalue weighted by Gasteiger charge is -2.32. The maximum absolute atomic E-state index is 12.7. The minimum atomic E-state index is -3.40. The van der Waals surface area contributed by atoms with Crippen LogP contribution in [-0.2, 0) is 21.2 Å². The maximum atomic E-state index is 12.7. The summed E-state index contributed by atoms with van der Waals surface area (Å²) in [6.07, 6.45) is 4.38. The molecule has 6 heteroatoms. The van der Waals surface area contributed by atoms with Crippen LogP contribution in [0.3, 0.4) is 0 Å². The predicted molar refractivity (Wildman–Crippen MR) is 94.6 cm³/mol. The first-order valence-electron chi connectivity index (χ1n) is 8.89. The van der Waals surface area contributed by atoms with Crippen molar-refractivity contribution in [3.05, 3.63) is 23.8 Å². The monoisotopic (exact) mass is 350 g/mol. The Balaban J connectivity index is 1.92. The number of nitrogens with zero attached hydrogens (tertiary/aromatic N) is 2. The number of aryl methyl sites for hydroxylation is 1. The van der Waals surface area contributed by atoms with Crippen LogP contribution in [0.4, 0.5) is 5.69 Å². The van der Waals surface area contributed by atoms with Crippen molar-refractivity contribution >= 4 is 21.6 Å². The molecule has 1 amide bonds. The fourth-order valence-electron chi connectivity index (χ4n) is 3.48. The van der Waals surface area contributed by atoms with E-state index in [1.54, 1.807) is 16.4 Å².